The summed E-state index contributed by atoms with van der Waals surface area (Å²) in [7, 11) is 0. The van der Waals surface area contributed by atoms with Gasteiger partial charge in [0.05, 0.1) is 23.4 Å². The standard InChI is InChI=1S/C23H20Cl3FN4O4/c1-3-34-20-14(7-13(24)8-15(20)25)12-6-16(27)19(28-10-12)11(2)29-22(33)23(4-5-23)30-21(32)17-9-18(26)31-35-17/h6-11H,3-5H2,1-2H3,(H,29,33)(H,30,32)/t11-/m1/s1. The van der Waals surface area contributed by atoms with Gasteiger partial charge < -0.3 is 19.9 Å². The molecule has 1 aliphatic carbocycles. The van der Waals surface area contributed by atoms with Gasteiger partial charge in [-0.3, -0.25) is 14.6 Å². The quantitative estimate of drug-likeness (QED) is 0.397. The fourth-order valence-electron chi connectivity index (χ4n) is 3.56. The van der Waals surface area contributed by atoms with Crippen molar-refractivity contribution >= 4 is 46.6 Å². The van der Waals surface area contributed by atoms with E-state index in [0.717, 1.165) is 0 Å². The Morgan fingerprint density at radius 2 is 1.97 bits per heavy atom. The van der Waals surface area contributed by atoms with Crippen LogP contribution in [0.2, 0.25) is 15.2 Å². The largest absolute Gasteiger partial charge is 0.492 e. The van der Waals surface area contributed by atoms with E-state index in [2.05, 4.69) is 20.8 Å². The maximum atomic E-state index is 15.1. The first-order valence-corrected chi connectivity index (χ1v) is 11.8. The van der Waals surface area contributed by atoms with Gasteiger partial charge in [-0.15, -0.1) is 0 Å². The van der Waals surface area contributed by atoms with Gasteiger partial charge in [0.1, 0.15) is 17.1 Å². The number of aromatic nitrogens is 2. The number of nitrogens with one attached hydrogen (secondary N) is 2. The van der Waals surface area contributed by atoms with Crippen LogP contribution in [0.4, 0.5) is 4.39 Å². The van der Waals surface area contributed by atoms with Crippen LogP contribution in [0.25, 0.3) is 11.1 Å². The predicted molar refractivity (Wildman–Crippen MR) is 128 cm³/mol. The van der Waals surface area contributed by atoms with Crippen molar-refractivity contribution in [2.45, 2.75) is 38.3 Å². The molecule has 1 atom stereocenters. The van der Waals surface area contributed by atoms with Gasteiger partial charge in [-0.05, 0) is 44.9 Å². The Bertz CT molecular complexity index is 1300. The molecule has 3 aromatic rings. The molecule has 1 aromatic carbocycles. The Labute approximate surface area is 215 Å². The monoisotopic (exact) mass is 540 g/mol. The first-order chi connectivity index (χ1) is 16.6. The molecule has 35 heavy (non-hydrogen) atoms. The van der Waals surface area contributed by atoms with Crippen LogP contribution in [0.3, 0.4) is 0 Å². The second kappa shape index (κ2) is 10.0. The van der Waals surface area contributed by atoms with Crippen LogP contribution in [0.5, 0.6) is 5.75 Å². The molecular formula is C23H20Cl3FN4O4. The van der Waals surface area contributed by atoms with Gasteiger partial charge in [0, 0.05) is 28.4 Å². The van der Waals surface area contributed by atoms with Crippen LogP contribution < -0.4 is 15.4 Å². The van der Waals surface area contributed by atoms with E-state index in [4.69, 9.17) is 44.1 Å². The van der Waals surface area contributed by atoms with Crippen molar-refractivity contribution in [3.8, 4) is 16.9 Å². The summed E-state index contributed by atoms with van der Waals surface area (Å²) in [6.07, 6.45) is 2.29. The van der Waals surface area contributed by atoms with E-state index in [-0.39, 0.29) is 16.6 Å². The number of pyridine rings is 1. The molecule has 0 saturated heterocycles. The Kier molecular flexibility index (Phi) is 7.21. The van der Waals surface area contributed by atoms with Crippen molar-refractivity contribution in [3.05, 3.63) is 62.9 Å². The van der Waals surface area contributed by atoms with E-state index in [9.17, 15) is 9.59 Å². The summed E-state index contributed by atoms with van der Waals surface area (Å²) in [6.45, 7) is 3.75. The number of ether oxygens (including phenoxy) is 1. The molecule has 184 valence electrons. The average molecular weight is 542 g/mol. The summed E-state index contributed by atoms with van der Waals surface area (Å²) < 4.78 is 25.5. The van der Waals surface area contributed by atoms with Crippen LogP contribution in [0.1, 0.15) is 49.0 Å². The minimum atomic E-state index is -1.12. The Hall–Kier alpha value is -2.88. The molecule has 0 aliphatic heterocycles. The van der Waals surface area contributed by atoms with E-state index >= 15 is 4.39 Å². The number of hydrogen-bond donors (Lipinski definition) is 2. The zero-order valence-electron chi connectivity index (χ0n) is 18.6. The molecule has 1 aliphatic rings. The number of nitrogens with zero attached hydrogens (tertiary/aromatic N) is 2. The van der Waals surface area contributed by atoms with Gasteiger partial charge in [0.2, 0.25) is 11.7 Å². The number of benzene rings is 1. The first-order valence-electron chi connectivity index (χ1n) is 10.7. The molecule has 0 spiro atoms. The smallest absolute Gasteiger partial charge is 0.290 e. The minimum Gasteiger partial charge on any atom is -0.492 e. The van der Waals surface area contributed by atoms with Gasteiger partial charge in [0.25, 0.3) is 5.91 Å². The summed E-state index contributed by atoms with van der Waals surface area (Å²) in [6, 6.07) is 4.90. The van der Waals surface area contributed by atoms with Crippen LogP contribution in [0, 0.1) is 5.82 Å². The fourth-order valence-corrected chi connectivity index (χ4v) is 4.24. The number of carbonyl (C=O) groups is 2. The van der Waals surface area contributed by atoms with Crippen LogP contribution in [-0.2, 0) is 4.79 Å². The summed E-state index contributed by atoms with van der Waals surface area (Å²) >= 11 is 18.0. The molecule has 2 amide bonds. The Morgan fingerprint density at radius 1 is 1.23 bits per heavy atom. The van der Waals surface area contributed by atoms with E-state index < -0.39 is 29.2 Å². The second-order valence-electron chi connectivity index (χ2n) is 8.03. The molecule has 12 heteroatoms. The van der Waals surface area contributed by atoms with Crippen LogP contribution >= 0.6 is 34.8 Å². The Morgan fingerprint density at radius 3 is 2.57 bits per heavy atom. The molecule has 1 saturated carbocycles. The normalized spacial score (nSPS) is 14.8. The fraction of sp³-hybridized carbons (Fsp3) is 0.304. The Balaban J connectivity index is 1.50. The minimum absolute atomic E-state index is 0.0245. The lowest BCUT2D eigenvalue weighted by atomic mass is 10.0. The first kappa shape index (κ1) is 25.2. The number of hydrogen-bond acceptors (Lipinski definition) is 6. The molecule has 0 unspecified atom stereocenters. The summed E-state index contributed by atoms with van der Waals surface area (Å²) in [4.78, 5) is 29.4. The van der Waals surface area contributed by atoms with Gasteiger partial charge in [-0.2, -0.15) is 0 Å². The van der Waals surface area contributed by atoms with E-state index in [1.807, 2.05) is 0 Å². The summed E-state index contributed by atoms with van der Waals surface area (Å²) in [5.41, 5.74) is -0.192. The highest BCUT2D eigenvalue weighted by molar-refractivity contribution is 6.36. The molecule has 2 aromatic heterocycles. The highest BCUT2D eigenvalue weighted by Gasteiger charge is 2.52. The molecule has 4 rings (SSSR count). The third kappa shape index (κ3) is 5.37. The molecule has 2 N–H and O–H groups in total. The van der Waals surface area contributed by atoms with E-state index in [0.29, 0.717) is 46.4 Å². The molecule has 1 fully saturated rings. The van der Waals surface area contributed by atoms with Gasteiger partial charge in [-0.1, -0.05) is 40.0 Å². The zero-order valence-corrected chi connectivity index (χ0v) is 20.9. The van der Waals surface area contributed by atoms with Crippen molar-refractivity contribution < 1.29 is 23.2 Å². The maximum Gasteiger partial charge on any atom is 0.290 e. The predicted octanol–water partition coefficient (Wildman–Crippen LogP) is 5.37. The van der Waals surface area contributed by atoms with Crippen molar-refractivity contribution in [3.63, 3.8) is 0 Å². The average Bonchev–Trinajstić information content (AvgIpc) is 3.45. The third-order valence-electron chi connectivity index (χ3n) is 5.48. The van der Waals surface area contributed by atoms with E-state index in [1.165, 1.54) is 24.4 Å². The topological polar surface area (TPSA) is 106 Å². The lowest BCUT2D eigenvalue weighted by Gasteiger charge is -2.21. The maximum absolute atomic E-state index is 15.1. The van der Waals surface area contributed by atoms with Crippen molar-refractivity contribution in [2.75, 3.05) is 6.61 Å². The molecule has 0 bridgehead atoms. The number of carbonyl (C=O) groups excluding carboxylic acids is 2. The van der Waals surface area contributed by atoms with Gasteiger partial charge >= 0.3 is 0 Å². The lowest BCUT2D eigenvalue weighted by Crippen LogP contribution is -2.49. The van der Waals surface area contributed by atoms with Crippen molar-refractivity contribution in [1.82, 2.24) is 20.8 Å². The van der Waals surface area contributed by atoms with Gasteiger partial charge in [-0.25, -0.2) is 4.39 Å². The summed E-state index contributed by atoms with van der Waals surface area (Å²) in [5, 5.41) is 9.47. The molecule has 8 nitrogen and oxygen atoms in total. The number of halogens is 4. The van der Waals surface area contributed by atoms with E-state index in [1.54, 1.807) is 19.9 Å². The third-order valence-corrected chi connectivity index (χ3v) is 6.16. The summed E-state index contributed by atoms with van der Waals surface area (Å²) in [5.74, 6) is -1.47. The zero-order chi connectivity index (χ0) is 25.3. The number of amides is 2. The van der Waals surface area contributed by atoms with Crippen LogP contribution in [-0.4, -0.2) is 34.1 Å². The highest BCUT2D eigenvalue weighted by atomic mass is 35.5. The van der Waals surface area contributed by atoms with Crippen LogP contribution in [0.15, 0.2) is 35.0 Å². The highest BCUT2D eigenvalue weighted by Crippen LogP contribution is 2.40. The molecular weight excluding hydrogens is 522 g/mol. The number of rotatable bonds is 8. The second-order valence-corrected chi connectivity index (χ2v) is 9.26. The molecule has 0 radical (unpaired) electrons. The van der Waals surface area contributed by atoms with Crippen molar-refractivity contribution in [2.24, 2.45) is 0 Å². The lowest BCUT2D eigenvalue weighted by molar-refractivity contribution is -0.124. The van der Waals surface area contributed by atoms with Crippen molar-refractivity contribution in [1.29, 1.82) is 0 Å². The van der Waals surface area contributed by atoms with Gasteiger partial charge in [0.15, 0.2) is 5.15 Å². The molecule has 2 heterocycles. The SMILES string of the molecule is CCOc1c(Cl)cc(Cl)cc1-c1cnc([C@@H](C)NC(=O)C2(NC(=O)c3cc(Cl)no3)CC2)c(F)c1.